The van der Waals surface area contributed by atoms with Crippen molar-refractivity contribution in [2.24, 2.45) is 7.05 Å². The van der Waals surface area contributed by atoms with Gasteiger partial charge in [-0.2, -0.15) is 0 Å². The molecule has 11 nitrogen and oxygen atoms in total. The predicted molar refractivity (Wildman–Crippen MR) is 131 cm³/mol. The third-order valence-corrected chi connectivity index (χ3v) is 5.46. The highest BCUT2D eigenvalue weighted by Gasteiger charge is 2.14. The van der Waals surface area contributed by atoms with Gasteiger partial charge in [0.25, 0.3) is 0 Å². The van der Waals surface area contributed by atoms with Crippen LogP contribution < -0.4 is 10.6 Å². The Balaban J connectivity index is 1.30. The van der Waals surface area contributed by atoms with E-state index >= 15 is 0 Å². The number of hydrogen-bond acceptors (Lipinski definition) is 8. The molecule has 12 heteroatoms. The van der Waals surface area contributed by atoms with Gasteiger partial charge in [-0.05, 0) is 72.8 Å². The molecule has 0 aliphatic heterocycles. The second kappa shape index (κ2) is 11.5. The number of nitrogens with zero attached hydrogens (tertiary/aromatic N) is 7. The van der Waals surface area contributed by atoms with Crippen LogP contribution in [-0.2, 0) is 13.6 Å². The van der Waals surface area contributed by atoms with Crippen molar-refractivity contribution in [1.29, 1.82) is 0 Å². The first-order chi connectivity index (χ1) is 17.4. The number of anilines is 1. The molecule has 4 rings (SSSR count). The normalized spacial score (nSPS) is 11.1. The molecular formula is C24H28FN9O2. The Kier molecular flexibility index (Phi) is 7.95. The largest absolute Gasteiger partial charge is 0.421 e. The molecule has 2 aromatic heterocycles. The number of nitrogens with one attached hydrogen (secondary N) is 2. The van der Waals surface area contributed by atoms with Crippen LogP contribution in [0.4, 0.5) is 14.9 Å². The van der Waals surface area contributed by atoms with Crippen LogP contribution in [0.15, 0.2) is 46.9 Å². The monoisotopic (exact) mass is 493 g/mol. The lowest BCUT2D eigenvalue weighted by atomic mass is 10.1. The van der Waals surface area contributed by atoms with Crippen molar-refractivity contribution in [1.82, 2.24) is 40.6 Å². The molecule has 0 spiro atoms. The van der Waals surface area contributed by atoms with E-state index in [0.29, 0.717) is 41.0 Å². The van der Waals surface area contributed by atoms with E-state index in [4.69, 9.17) is 4.42 Å². The highest BCUT2D eigenvalue weighted by Crippen LogP contribution is 2.28. The van der Waals surface area contributed by atoms with Crippen LogP contribution in [0, 0.1) is 12.7 Å². The van der Waals surface area contributed by atoms with Crippen molar-refractivity contribution in [2.75, 3.05) is 25.5 Å². The summed E-state index contributed by atoms with van der Waals surface area (Å²) in [4.78, 5) is 14.7. The minimum absolute atomic E-state index is 0.232. The Morgan fingerprint density at radius 3 is 2.56 bits per heavy atom. The number of benzene rings is 2. The van der Waals surface area contributed by atoms with E-state index in [1.807, 2.05) is 13.1 Å². The number of carbonyl (C=O) groups excluding carboxylic acids is 1. The van der Waals surface area contributed by atoms with Gasteiger partial charge < -0.3 is 20.0 Å². The summed E-state index contributed by atoms with van der Waals surface area (Å²) in [5.41, 5.74) is 2.93. The van der Waals surface area contributed by atoms with Gasteiger partial charge >= 0.3 is 6.03 Å². The number of tetrazole rings is 1. The summed E-state index contributed by atoms with van der Waals surface area (Å²) >= 11 is 0. The molecule has 4 aromatic rings. The highest BCUT2D eigenvalue weighted by atomic mass is 19.1. The van der Waals surface area contributed by atoms with Crippen LogP contribution in [0.2, 0.25) is 0 Å². The van der Waals surface area contributed by atoms with Crippen molar-refractivity contribution in [3.63, 3.8) is 0 Å². The molecule has 0 saturated heterocycles. The molecule has 0 fully saturated rings. The van der Waals surface area contributed by atoms with Crippen LogP contribution in [0.1, 0.15) is 24.3 Å². The molecular weight excluding hydrogens is 465 g/mol. The first-order valence-electron chi connectivity index (χ1n) is 11.5. The average Bonchev–Trinajstić information content (AvgIpc) is 3.48. The van der Waals surface area contributed by atoms with Gasteiger partial charge in [0.2, 0.25) is 11.8 Å². The van der Waals surface area contributed by atoms with Gasteiger partial charge in [-0.1, -0.05) is 12.1 Å². The van der Waals surface area contributed by atoms with Crippen LogP contribution in [0.3, 0.4) is 0 Å². The Labute approximate surface area is 207 Å². The Bertz CT molecular complexity index is 1300. The molecule has 0 aliphatic carbocycles. The van der Waals surface area contributed by atoms with E-state index in [9.17, 15) is 9.18 Å². The second-order valence-electron chi connectivity index (χ2n) is 8.50. The van der Waals surface area contributed by atoms with E-state index in [-0.39, 0.29) is 11.8 Å². The molecule has 36 heavy (non-hydrogen) atoms. The highest BCUT2D eigenvalue weighted by molar-refractivity contribution is 5.91. The molecule has 0 bridgehead atoms. The summed E-state index contributed by atoms with van der Waals surface area (Å²) in [6.07, 6.45) is 1.73. The summed E-state index contributed by atoms with van der Waals surface area (Å²) in [5, 5.41) is 25.3. The number of halogens is 1. The Hall–Kier alpha value is -4.19. The van der Waals surface area contributed by atoms with Crippen LogP contribution in [0.5, 0.6) is 0 Å². The molecule has 0 aliphatic rings. The summed E-state index contributed by atoms with van der Waals surface area (Å²) in [7, 11) is 3.75. The quantitative estimate of drug-likeness (QED) is 0.322. The van der Waals surface area contributed by atoms with Gasteiger partial charge in [-0.3, -0.25) is 0 Å². The number of rotatable bonds is 10. The van der Waals surface area contributed by atoms with Crippen LogP contribution in [-0.4, -0.2) is 61.5 Å². The van der Waals surface area contributed by atoms with Crippen molar-refractivity contribution in [2.45, 2.75) is 26.3 Å². The van der Waals surface area contributed by atoms with Crippen LogP contribution in [0.25, 0.3) is 22.8 Å². The summed E-state index contributed by atoms with van der Waals surface area (Å²) in [5.74, 6) is 1.06. The zero-order chi connectivity index (χ0) is 25.5. The Morgan fingerprint density at radius 1 is 1.08 bits per heavy atom. The topological polar surface area (TPSA) is 127 Å². The number of hydrogen-bond donors (Lipinski definition) is 2. The average molecular weight is 494 g/mol. The maximum atomic E-state index is 13.0. The van der Waals surface area contributed by atoms with Crippen molar-refractivity contribution >= 4 is 11.7 Å². The molecule has 0 unspecified atom stereocenters. The standard InChI is InChI=1S/C24H28FN9O2/c1-16-28-30-23(36-16)19-12-18(22-29-31-32-34(22)3)13-21(14-19)27-24(35)26-10-4-5-11-33(2)15-17-6-8-20(25)9-7-17/h6-9,12-14H,4-5,10-11,15H2,1-3H3,(H2,26,27,35). The van der Waals surface area contributed by atoms with Gasteiger partial charge in [-0.15, -0.1) is 15.3 Å². The van der Waals surface area contributed by atoms with E-state index in [0.717, 1.165) is 31.5 Å². The van der Waals surface area contributed by atoms with E-state index in [2.05, 4.69) is 41.3 Å². The van der Waals surface area contributed by atoms with Crippen LogP contribution >= 0.6 is 0 Å². The van der Waals surface area contributed by atoms with Gasteiger partial charge in [0.05, 0.1) is 0 Å². The lowest BCUT2D eigenvalue weighted by Gasteiger charge is -2.16. The lowest BCUT2D eigenvalue weighted by Crippen LogP contribution is -2.30. The number of amides is 2. The second-order valence-corrected chi connectivity index (χ2v) is 8.50. The maximum absolute atomic E-state index is 13.0. The van der Waals surface area contributed by atoms with E-state index < -0.39 is 0 Å². The van der Waals surface area contributed by atoms with Crippen molar-refractivity contribution in [3.8, 4) is 22.8 Å². The first kappa shape index (κ1) is 24.9. The first-order valence-corrected chi connectivity index (χ1v) is 11.5. The molecule has 0 saturated carbocycles. The number of unbranched alkanes of at least 4 members (excludes halogenated alkanes) is 1. The van der Waals surface area contributed by atoms with Crippen molar-refractivity contribution < 1.29 is 13.6 Å². The maximum Gasteiger partial charge on any atom is 0.319 e. The fourth-order valence-corrected chi connectivity index (χ4v) is 3.70. The predicted octanol–water partition coefficient (Wildman–Crippen LogP) is 3.41. The Morgan fingerprint density at radius 2 is 1.86 bits per heavy atom. The molecule has 2 aromatic carbocycles. The number of urea groups is 1. The number of aromatic nitrogens is 6. The minimum atomic E-state index is -0.324. The molecule has 0 radical (unpaired) electrons. The van der Waals surface area contributed by atoms with E-state index in [1.54, 1.807) is 38.2 Å². The summed E-state index contributed by atoms with van der Waals surface area (Å²) in [6, 6.07) is 11.6. The third kappa shape index (κ3) is 6.69. The van der Waals surface area contributed by atoms with Gasteiger partial charge in [-0.25, -0.2) is 13.9 Å². The molecule has 2 N–H and O–H groups in total. The molecule has 0 atom stereocenters. The van der Waals surface area contributed by atoms with Gasteiger partial charge in [0.1, 0.15) is 5.82 Å². The zero-order valence-electron chi connectivity index (χ0n) is 20.4. The summed E-state index contributed by atoms with van der Waals surface area (Å²) in [6.45, 7) is 3.84. The zero-order valence-corrected chi connectivity index (χ0v) is 20.4. The smallest absolute Gasteiger partial charge is 0.319 e. The van der Waals surface area contributed by atoms with E-state index in [1.165, 1.54) is 16.8 Å². The fourth-order valence-electron chi connectivity index (χ4n) is 3.70. The van der Waals surface area contributed by atoms with Gasteiger partial charge in [0, 0.05) is 43.9 Å². The number of aryl methyl sites for hydroxylation is 2. The fraction of sp³-hybridized carbons (Fsp3) is 0.333. The SMILES string of the molecule is Cc1nnc(-c2cc(NC(=O)NCCCCN(C)Cc3ccc(F)cc3)cc(-c3nnnn3C)c2)o1. The minimum Gasteiger partial charge on any atom is -0.421 e. The number of carbonyl (C=O) groups is 1. The van der Waals surface area contributed by atoms with Crippen molar-refractivity contribution in [3.05, 3.63) is 59.7 Å². The lowest BCUT2D eigenvalue weighted by molar-refractivity contribution is 0.251. The molecule has 188 valence electrons. The third-order valence-electron chi connectivity index (χ3n) is 5.46. The molecule has 2 amide bonds. The summed E-state index contributed by atoms with van der Waals surface area (Å²) < 4.78 is 20.1. The molecule has 2 heterocycles. The van der Waals surface area contributed by atoms with Gasteiger partial charge in [0.15, 0.2) is 5.82 Å².